The molecule has 0 rings (SSSR count). The van der Waals surface area contributed by atoms with Gasteiger partial charge in [-0.25, -0.2) is 0 Å². The fraction of sp³-hybridized carbons (Fsp3) is 1.00. The maximum absolute atomic E-state index is 11.9. The van der Waals surface area contributed by atoms with Crippen molar-refractivity contribution in [1.82, 2.24) is 0 Å². The summed E-state index contributed by atoms with van der Waals surface area (Å²) in [7, 11) is -0.978. The molecule has 0 fully saturated rings. The molecule has 0 bridgehead atoms. The lowest BCUT2D eigenvalue weighted by Crippen LogP contribution is -2.47. The van der Waals surface area contributed by atoms with Crippen molar-refractivity contribution < 1.29 is 53.6 Å². The summed E-state index contributed by atoms with van der Waals surface area (Å²) in [6, 6.07) is 0. The first-order chi connectivity index (χ1) is 18.3. The van der Waals surface area contributed by atoms with E-state index in [1.54, 1.807) is 0 Å². The molecule has 39 heavy (non-hydrogen) atoms. The Morgan fingerprint density at radius 1 is 0.692 bits per heavy atom. The van der Waals surface area contributed by atoms with E-state index in [9.17, 15) is 35.0 Å². The topological polar surface area (TPSA) is 180 Å². The lowest BCUT2D eigenvalue weighted by Gasteiger charge is -2.33. The minimum absolute atomic E-state index is 0.283. The van der Waals surface area contributed by atoms with Gasteiger partial charge in [-0.15, -0.1) is 0 Å². The molecular formula is C27H58NO10P. The third kappa shape index (κ3) is 21.2. The summed E-state index contributed by atoms with van der Waals surface area (Å²) in [5.41, 5.74) is 0. The second kappa shape index (κ2) is 22.4. The highest BCUT2D eigenvalue weighted by atomic mass is 31.2. The van der Waals surface area contributed by atoms with E-state index in [0.717, 1.165) is 19.4 Å². The number of quaternary nitrogens is 1. The second-order valence-electron chi connectivity index (χ2n) is 11.4. The number of phosphoric acid groups is 1. The molecule has 6 atom stereocenters. The van der Waals surface area contributed by atoms with E-state index in [-0.39, 0.29) is 6.54 Å². The predicted octanol–water partition coefficient (Wildman–Crippen LogP) is 1.84. The van der Waals surface area contributed by atoms with Crippen molar-refractivity contribution in [3.05, 3.63) is 0 Å². The van der Waals surface area contributed by atoms with Crippen LogP contribution in [0.3, 0.4) is 0 Å². The summed E-state index contributed by atoms with van der Waals surface area (Å²) in [4.78, 5) is 11.9. The molecule has 0 spiro atoms. The third-order valence-electron chi connectivity index (χ3n) is 6.98. The van der Waals surface area contributed by atoms with Gasteiger partial charge in [-0.2, -0.15) is 0 Å². The Bertz CT molecular complexity index is 627. The molecule has 236 valence electrons. The van der Waals surface area contributed by atoms with Crippen molar-refractivity contribution in [2.24, 2.45) is 0 Å². The van der Waals surface area contributed by atoms with Crippen LogP contribution < -0.4 is 4.89 Å². The smallest absolute Gasteiger partial charge is 0.268 e. The van der Waals surface area contributed by atoms with Gasteiger partial charge in [0.15, 0.2) is 0 Å². The number of rotatable bonds is 27. The SMILES string of the molecule is CCCCCCCCCCCCCCCC[N+](C)(C)CC(O)COP(=O)([O-])OCC(O)C(O)C(O)C(O)CO. The lowest BCUT2D eigenvalue weighted by molar-refractivity contribution is -0.893. The van der Waals surface area contributed by atoms with Crippen molar-refractivity contribution in [3.8, 4) is 0 Å². The number of unbranched alkanes of at least 4 members (excludes halogenated alkanes) is 13. The second-order valence-corrected chi connectivity index (χ2v) is 12.8. The van der Waals surface area contributed by atoms with Gasteiger partial charge in [0.1, 0.15) is 37.1 Å². The van der Waals surface area contributed by atoms with Gasteiger partial charge in [0, 0.05) is 0 Å². The van der Waals surface area contributed by atoms with Crippen LogP contribution in [-0.4, -0.2) is 113 Å². The molecule has 0 aliphatic rings. The number of nitrogens with zero attached hydrogens (tertiary/aromatic N) is 1. The molecule has 0 radical (unpaired) electrons. The molecule has 0 aromatic heterocycles. The van der Waals surface area contributed by atoms with E-state index in [4.69, 9.17) is 9.63 Å². The number of hydrogen-bond acceptors (Lipinski definition) is 10. The van der Waals surface area contributed by atoms with Crippen LogP contribution >= 0.6 is 7.82 Å². The zero-order valence-electron chi connectivity index (χ0n) is 24.5. The average Bonchev–Trinajstić information content (AvgIpc) is 2.89. The molecule has 0 aromatic carbocycles. The van der Waals surface area contributed by atoms with E-state index in [1.165, 1.54) is 77.0 Å². The molecule has 0 aromatic rings. The van der Waals surface area contributed by atoms with Crippen LogP contribution in [0.25, 0.3) is 0 Å². The summed E-state index contributed by atoms with van der Waals surface area (Å²) in [5.74, 6) is 0. The zero-order chi connectivity index (χ0) is 29.7. The molecule has 0 heterocycles. The van der Waals surface area contributed by atoms with E-state index in [0.29, 0.717) is 4.48 Å². The quantitative estimate of drug-likeness (QED) is 0.0472. The molecule has 0 aliphatic heterocycles. The van der Waals surface area contributed by atoms with Crippen LogP contribution in [-0.2, 0) is 13.6 Å². The maximum Gasteiger partial charge on any atom is 0.268 e. The number of likely N-dealkylation sites (N-methyl/N-ethyl adjacent to an activating group) is 1. The standard InChI is InChI=1S/C27H58NO10P/c1-4-5-6-7-8-9-10-11-12-13-14-15-16-17-18-28(2,3)19-23(30)21-37-39(35,36)38-22-25(32)27(34)26(33)24(31)20-29/h23-27,29-34H,4-22H2,1-3H3. The highest BCUT2D eigenvalue weighted by Crippen LogP contribution is 2.38. The first kappa shape index (κ1) is 38.8. The minimum Gasteiger partial charge on any atom is -0.756 e. The van der Waals surface area contributed by atoms with E-state index in [1.807, 2.05) is 14.1 Å². The molecule has 6 unspecified atom stereocenters. The highest BCUT2D eigenvalue weighted by molar-refractivity contribution is 7.45. The summed E-state index contributed by atoms with van der Waals surface area (Å²) < 4.78 is 21.6. The molecular weight excluding hydrogens is 529 g/mol. The summed E-state index contributed by atoms with van der Waals surface area (Å²) in [5, 5.41) is 57.3. The molecule has 0 saturated heterocycles. The Balaban J connectivity index is 3.97. The Kier molecular flexibility index (Phi) is 22.3. The number of aliphatic hydroxyl groups is 6. The summed E-state index contributed by atoms with van der Waals surface area (Å²) in [6.45, 7) is 1.05. The van der Waals surface area contributed by atoms with E-state index >= 15 is 0 Å². The number of hydrogen-bond donors (Lipinski definition) is 6. The normalized spacial score (nSPS) is 17.9. The molecule has 0 amide bonds. The van der Waals surface area contributed by atoms with Gasteiger partial charge < -0.3 is 49.1 Å². The minimum atomic E-state index is -4.90. The summed E-state index contributed by atoms with van der Waals surface area (Å²) >= 11 is 0. The van der Waals surface area contributed by atoms with Gasteiger partial charge >= 0.3 is 0 Å². The Morgan fingerprint density at radius 2 is 1.10 bits per heavy atom. The zero-order valence-corrected chi connectivity index (χ0v) is 25.4. The van der Waals surface area contributed by atoms with Crippen molar-refractivity contribution in [3.63, 3.8) is 0 Å². The Hall–Kier alpha value is -0.170. The fourth-order valence-corrected chi connectivity index (χ4v) is 5.26. The van der Waals surface area contributed by atoms with Crippen LogP contribution in [0, 0.1) is 0 Å². The molecule has 0 aliphatic carbocycles. The Morgan fingerprint density at radius 3 is 1.56 bits per heavy atom. The van der Waals surface area contributed by atoms with Gasteiger partial charge in [0.05, 0.1) is 40.5 Å². The molecule has 11 nitrogen and oxygen atoms in total. The van der Waals surface area contributed by atoms with Crippen LogP contribution in [0.2, 0.25) is 0 Å². The lowest BCUT2D eigenvalue weighted by atomic mass is 10.0. The molecule has 0 saturated carbocycles. The molecule has 12 heteroatoms. The first-order valence-corrected chi connectivity index (χ1v) is 16.2. The largest absolute Gasteiger partial charge is 0.756 e. The van der Waals surface area contributed by atoms with Crippen molar-refractivity contribution in [1.29, 1.82) is 0 Å². The number of phosphoric ester groups is 1. The molecule has 6 N–H and O–H groups in total. The number of aliphatic hydroxyl groups excluding tert-OH is 6. The van der Waals surface area contributed by atoms with Crippen LogP contribution in [0.5, 0.6) is 0 Å². The summed E-state index contributed by atoms with van der Waals surface area (Å²) in [6.07, 6.45) is 9.50. The van der Waals surface area contributed by atoms with Crippen LogP contribution in [0.4, 0.5) is 0 Å². The van der Waals surface area contributed by atoms with Gasteiger partial charge in [-0.1, -0.05) is 84.0 Å². The van der Waals surface area contributed by atoms with Crippen LogP contribution in [0.15, 0.2) is 0 Å². The maximum atomic E-state index is 11.9. The van der Waals surface area contributed by atoms with Gasteiger partial charge in [-0.3, -0.25) is 4.57 Å². The monoisotopic (exact) mass is 587 g/mol. The van der Waals surface area contributed by atoms with E-state index in [2.05, 4.69) is 11.4 Å². The van der Waals surface area contributed by atoms with E-state index < -0.39 is 58.2 Å². The third-order valence-corrected chi connectivity index (χ3v) is 7.91. The highest BCUT2D eigenvalue weighted by Gasteiger charge is 2.31. The van der Waals surface area contributed by atoms with Crippen LogP contribution in [0.1, 0.15) is 96.8 Å². The Labute approximate surface area is 236 Å². The predicted molar refractivity (Wildman–Crippen MR) is 149 cm³/mol. The van der Waals surface area contributed by atoms with Crippen molar-refractivity contribution in [2.45, 2.75) is 127 Å². The average molecular weight is 588 g/mol. The van der Waals surface area contributed by atoms with Crippen molar-refractivity contribution in [2.75, 3.05) is 47.0 Å². The first-order valence-electron chi connectivity index (χ1n) is 14.8. The van der Waals surface area contributed by atoms with Gasteiger partial charge in [-0.05, 0) is 12.8 Å². The van der Waals surface area contributed by atoms with Crippen molar-refractivity contribution >= 4 is 7.82 Å². The van der Waals surface area contributed by atoms with Gasteiger partial charge in [0.2, 0.25) is 0 Å². The van der Waals surface area contributed by atoms with Gasteiger partial charge in [0.25, 0.3) is 7.82 Å². The fourth-order valence-electron chi connectivity index (χ4n) is 4.49.